The molecule has 6 nitrogen and oxygen atoms in total. The van der Waals surface area contributed by atoms with Crippen molar-refractivity contribution < 1.29 is 14.4 Å². The van der Waals surface area contributed by atoms with Crippen LogP contribution in [0.25, 0.3) is 0 Å². The molecule has 4 unspecified atom stereocenters. The molecule has 0 spiro atoms. The Hall–Kier alpha value is -1.43. The van der Waals surface area contributed by atoms with Gasteiger partial charge in [0.2, 0.25) is 5.89 Å². The van der Waals surface area contributed by atoms with Crippen molar-refractivity contribution in [1.29, 1.82) is 0 Å². The molecule has 0 aromatic carbocycles. The fraction of sp³-hybridized carbons (Fsp3) is 0.800. The highest BCUT2D eigenvalue weighted by Crippen LogP contribution is 2.48. The molecule has 0 saturated heterocycles. The van der Waals surface area contributed by atoms with Gasteiger partial charge >= 0.3 is 5.97 Å². The molecule has 2 aliphatic rings. The molecule has 0 aliphatic heterocycles. The fourth-order valence-corrected chi connectivity index (χ4v) is 3.94. The zero-order valence-electron chi connectivity index (χ0n) is 12.4. The van der Waals surface area contributed by atoms with E-state index in [0.29, 0.717) is 24.3 Å². The Balaban J connectivity index is 1.57. The minimum atomic E-state index is -0.672. The first kappa shape index (κ1) is 14.5. The molecule has 2 saturated carbocycles. The lowest BCUT2D eigenvalue weighted by Gasteiger charge is -2.28. The molecule has 2 aliphatic carbocycles. The Morgan fingerprint density at radius 3 is 3.00 bits per heavy atom. The van der Waals surface area contributed by atoms with E-state index in [1.54, 1.807) is 0 Å². The van der Waals surface area contributed by atoms with E-state index < -0.39 is 5.97 Å². The summed E-state index contributed by atoms with van der Waals surface area (Å²) in [5, 5.41) is 16.7. The van der Waals surface area contributed by atoms with E-state index in [2.05, 4.69) is 22.4 Å². The summed E-state index contributed by atoms with van der Waals surface area (Å²) in [7, 11) is 0. The van der Waals surface area contributed by atoms with Gasteiger partial charge in [0.25, 0.3) is 0 Å². The van der Waals surface area contributed by atoms with Gasteiger partial charge in [0, 0.05) is 12.5 Å². The number of hydrogen-bond donors (Lipinski definition) is 2. The second-order valence-corrected chi connectivity index (χ2v) is 6.31. The van der Waals surface area contributed by atoms with Crippen molar-refractivity contribution in [2.45, 2.75) is 58.0 Å². The first-order valence-corrected chi connectivity index (χ1v) is 7.96. The average molecular weight is 293 g/mol. The third-order valence-corrected chi connectivity index (χ3v) is 4.95. The molecule has 1 aromatic heterocycles. The lowest BCUT2D eigenvalue weighted by atomic mass is 9.84. The molecule has 2 fully saturated rings. The summed E-state index contributed by atoms with van der Waals surface area (Å²) in [5.41, 5.74) is 0. The summed E-state index contributed by atoms with van der Waals surface area (Å²) < 4.78 is 5.23. The van der Waals surface area contributed by atoms with E-state index in [-0.39, 0.29) is 12.0 Å². The largest absolute Gasteiger partial charge is 0.481 e. The number of hydrogen-bond acceptors (Lipinski definition) is 5. The molecule has 3 rings (SSSR count). The summed E-state index contributed by atoms with van der Waals surface area (Å²) in [6.45, 7) is 2.60. The van der Waals surface area contributed by atoms with Crippen molar-refractivity contribution in [3.63, 3.8) is 0 Å². The second-order valence-electron chi connectivity index (χ2n) is 6.31. The van der Waals surface area contributed by atoms with Gasteiger partial charge in [-0.3, -0.25) is 4.79 Å². The Kier molecular flexibility index (Phi) is 4.24. The van der Waals surface area contributed by atoms with Crippen LogP contribution in [0, 0.1) is 17.8 Å². The number of carboxylic acid groups (broad SMARTS) is 1. The van der Waals surface area contributed by atoms with Gasteiger partial charge in [-0.1, -0.05) is 18.5 Å². The maximum absolute atomic E-state index is 11.4. The van der Waals surface area contributed by atoms with Crippen molar-refractivity contribution in [3.05, 3.63) is 11.7 Å². The predicted octanol–water partition coefficient (Wildman–Crippen LogP) is 2.00. The molecule has 1 heterocycles. The van der Waals surface area contributed by atoms with Gasteiger partial charge in [0.15, 0.2) is 5.82 Å². The molecule has 4 atom stereocenters. The van der Waals surface area contributed by atoms with E-state index in [4.69, 9.17) is 4.52 Å². The van der Waals surface area contributed by atoms with Crippen LogP contribution >= 0.6 is 0 Å². The van der Waals surface area contributed by atoms with Crippen LogP contribution in [0.4, 0.5) is 0 Å². The van der Waals surface area contributed by atoms with Crippen molar-refractivity contribution in [3.8, 4) is 0 Å². The van der Waals surface area contributed by atoms with Crippen LogP contribution < -0.4 is 5.32 Å². The van der Waals surface area contributed by atoms with E-state index >= 15 is 0 Å². The summed E-state index contributed by atoms with van der Waals surface area (Å²) in [5.74, 6) is 1.20. The van der Waals surface area contributed by atoms with E-state index in [0.717, 1.165) is 44.3 Å². The normalized spacial score (nSPS) is 30.9. The number of carbonyl (C=O) groups is 1. The highest BCUT2D eigenvalue weighted by atomic mass is 16.5. The van der Waals surface area contributed by atoms with Crippen molar-refractivity contribution in [2.24, 2.45) is 17.8 Å². The van der Waals surface area contributed by atoms with Crippen LogP contribution in [0.1, 0.15) is 50.7 Å². The molecule has 21 heavy (non-hydrogen) atoms. The lowest BCUT2D eigenvalue weighted by molar-refractivity contribution is -0.144. The minimum absolute atomic E-state index is 0.0484. The third kappa shape index (κ3) is 2.95. The molecule has 2 bridgehead atoms. The van der Waals surface area contributed by atoms with Gasteiger partial charge in [0.1, 0.15) is 0 Å². The first-order valence-electron chi connectivity index (χ1n) is 7.96. The minimum Gasteiger partial charge on any atom is -0.481 e. The van der Waals surface area contributed by atoms with E-state index in [9.17, 15) is 9.90 Å². The first-order chi connectivity index (χ1) is 10.2. The number of aliphatic carboxylic acids is 1. The molecule has 1 aromatic rings. The molecular weight excluding hydrogens is 270 g/mol. The number of carboxylic acids is 1. The standard InChI is InChI=1S/C15H23N3O3/c1-2-3-4-11-17-12(21-18-11)8-16-14-10-6-5-9(7-10)13(14)15(19)20/h9-10,13-14,16H,2-8H2,1H3,(H,19,20). The SMILES string of the molecule is CCCCc1noc(CNC2C3CCC(C3)C2C(=O)O)n1. The number of nitrogens with zero attached hydrogens (tertiary/aromatic N) is 2. The Morgan fingerprint density at radius 2 is 2.24 bits per heavy atom. The molecule has 116 valence electrons. The molecule has 2 N–H and O–H groups in total. The van der Waals surface area contributed by atoms with Crippen LogP contribution in [0.2, 0.25) is 0 Å². The second kappa shape index (κ2) is 6.13. The Morgan fingerprint density at radius 1 is 1.43 bits per heavy atom. The van der Waals surface area contributed by atoms with Crippen molar-refractivity contribution in [1.82, 2.24) is 15.5 Å². The fourth-order valence-electron chi connectivity index (χ4n) is 3.94. The smallest absolute Gasteiger partial charge is 0.308 e. The number of aromatic nitrogens is 2. The quantitative estimate of drug-likeness (QED) is 0.799. The Labute approximate surface area is 124 Å². The lowest BCUT2D eigenvalue weighted by Crippen LogP contribution is -2.43. The highest BCUT2D eigenvalue weighted by Gasteiger charge is 2.50. The topological polar surface area (TPSA) is 88.2 Å². The monoisotopic (exact) mass is 293 g/mol. The van der Waals surface area contributed by atoms with Crippen LogP contribution in [0.5, 0.6) is 0 Å². The summed E-state index contributed by atoms with van der Waals surface area (Å²) in [6, 6.07) is 0.0484. The number of unbranched alkanes of at least 4 members (excludes halogenated alkanes) is 1. The number of nitrogens with one attached hydrogen (secondary N) is 1. The highest BCUT2D eigenvalue weighted by molar-refractivity contribution is 5.72. The van der Waals surface area contributed by atoms with Gasteiger partial charge in [0.05, 0.1) is 12.5 Å². The maximum Gasteiger partial charge on any atom is 0.308 e. The summed E-state index contributed by atoms with van der Waals surface area (Å²) >= 11 is 0. The van der Waals surface area contributed by atoms with Gasteiger partial charge in [-0.25, -0.2) is 0 Å². The average Bonchev–Trinajstić information content (AvgIpc) is 3.17. The van der Waals surface area contributed by atoms with E-state index in [1.807, 2.05) is 0 Å². The van der Waals surface area contributed by atoms with Crippen molar-refractivity contribution in [2.75, 3.05) is 0 Å². The maximum atomic E-state index is 11.4. The van der Waals surface area contributed by atoms with Gasteiger partial charge in [-0.15, -0.1) is 0 Å². The summed E-state index contributed by atoms with van der Waals surface area (Å²) in [6.07, 6.45) is 6.23. The zero-order valence-corrected chi connectivity index (χ0v) is 12.4. The number of rotatable bonds is 7. The van der Waals surface area contributed by atoms with Crippen LogP contribution in [-0.4, -0.2) is 27.3 Å². The third-order valence-electron chi connectivity index (χ3n) is 4.95. The van der Waals surface area contributed by atoms with Crippen LogP contribution in [-0.2, 0) is 17.8 Å². The molecule has 0 radical (unpaired) electrons. The molecular formula is C15H23N3O3. The van der Waals surface area contributed by atoms with Crippen LogP contribution in [0.3, 0.4) is 0 Å². The molecule has 6 heteroatoms. The van der Waals surface area contributed by atoms with Gasteiger partial charge in [-0.2, -0.15) is 4.98 Å². The van der Waals surface area contributed by atoms with Gasteiger partial charge < -0.3 is 14.9 Å². The van der Waals surface area contributed by atoms with Gasteiger partial charge in [-0.05, 0) is 37.5 Å². The van der Waals surface area contributed by atoms with Crippen LogP contribution in [0.15, 0.2) is 4.52 Å². The summed E-state index contributed by atoms with van der Waals surface area (Å²) in [4.78, 5) is 15.8. The van der Waals surface area contributed by atoms with E-state index in [1.165, 1.54) is 0 Å². The predicted molar refractivity (Wildman–Crippen MR) is 75.5 cm³/mol. The van der Waals surface area contributed by atoms with Crippen molar-refractivity contribution >= 4 is 5.97 Å². The number of aryl methyl sites for hydroxylation is 1. The number of fused-ring (bicyclic) bond motifs is 2. The zero-order chi connectivity index (χ0) is 14.8. The molecule has 0 amide bonds. The Bertz CT molecular complexity index is 502.